The minimum absolute atomic E-state index is 0.0962. The van der Waals surface area contributed by atoms with Crippen LogP contribution in [0.1, 0.15) is 49.6 Å². The molecule has 0 aliphatic carbocycles. The van der Waals surface area contributed by atoms with Crippen LogP contribution >= 0.6 is 23.1 Å². The molecule has 6 heteroatoms. The molecule has 3 rings (SSSR count). The summed E-state index contributed by atoms with van der Waals surface area (Å²) in [4.78, 5) is 19.8. The summed E-state index contributed by atoms with van der Waals surface area (Å²) in [6.45, 7) is 9.03. The molecule has 0 aromatic carbocycles. The van der Waals surface area contributed by atoms with Gasteiger partial charge in [-0.25, -0.2) is 4.98 Å². The monoisotopic (exact) mass is 352 g/mol. The lowest BCUT2D eigenvalue weighted by molar-refractivity contribution is 0.0315. The Labute approximate surface area is 145 Å². The third-order valence-corrected chi connectivity index (χ3v) is 6.58. The van der Waals surface area contributed by atoms with Crippen molar-refractivity contribution in [1.82, 2.24) is 9.55 Å². The molecule has 2 aromatic heterocycles. The molecule has 0 amide bonds. The highest BCUT2D eigenvalue weighted by Crippen LogP contribution is 2.30. The smallest absolute Gasteiger partial charge is 0.263 e. The van der Waals surface area contributed by atoms with E-state index >= 15 is 0 Å². The van der Waals surface area contributed by atoms with Crippen LogP contribution in [0.25, 0.3) is 10.2 Å². The van der Waals surface area contributed by atoms with Gasteiger partial charge in [-0.2, -0.15) is 0 Å². The third-order valence-electron chi connectivity index (χ3n) is 4.39. The highest BCUT2D eigenvalue weighted by Gasteiger charge is 2.20. The Morgan fingerprint density at radius 2 is 2.17 bits per heavy atom. The van der Waals surface area contributed by atoms with Gasteiger partial charge in [0.1, 0.15) is 4.83 Å². The number of rotatable bonds is 4. The average Bonchev–Trinajstić information content (AvgIpc) is 2.80. The molecule has 0 spiro atoms. The van der Waals surface area contributed by atoms with Crippen molar-refractivity contribution in [1.29, 1.82) is 0 Å². The van der Waals surface area contributed by atoms with E-state index in [1.54, 1.807) is 23.1 Å². The van der Waals surface area contributed by atoms with Crippen LogP contribution in [0.15, 0.2) is 9.95 Å². The number of thiophene rings is 1. The van der Waals surface area contributed by atoms with Crippen molar-refractivity contribution in [3.63, 3.8) is 0 Å². The molecule has 0 N–H and O–H groups in total. The predicted molar refractivity (Wildman–Crippen MR) is 98.1 cm³/mol. The van der Waals surface area contributed by atoms with Crippen molar-refractivity contribution in [2.75, 3.05) is 12.4 Å². The molecular weight excluding hydrogens is 328 g/mol. The largest absolute Gasteiger partial charge is 0.377 e. The molecule has 23 heavy (non-hydrogen) atoms. The summed E-state index contributed by atoms with van der Waals surface area (Å²) in [5.74, 6) is 0.869. The van der Waals surface area contributed by atoms with Gasteiger partial charge in [-0.05, 0) is 52.5 Å². The Bertz CT molecular complexity index is 758. The second-order valence-corrected chi connectivity index (χ2v) is 8.62. The van der Waals surface area contributed by atoms with Crippen molar-refractivity contribution in [2.45, 2.75) is 64.3 Å². The summed E-state index contributed by atoms with van der Waals surface area (Å²) in [6, 6.07) is 0.105. The van der Waals surface area contributed by atoms with Crippen molar-refractivity contribution < 1.29 is 4.74 Å². The Kier molecular flexibility index (Phi) is 5.13. The van der Waals surface area contributed by atoms with Gasteiger partial charge in [0, 0.05) is 23.3 Å². The van der Waals surface area contributed by atoms with E-state index in [4.69, 9.17) is 9.72 Å². The SMILES string of the molecule is Cc1sc2nc(SC[C@@H]3CCCCO3)n(C(C)C)c(=O)c2c1C. The average molecular weight is 353 g/mol. The van der Waals surface area contributed by atoms with Crippen LogP contribution in [0.2, 0.25) is 0 Å². The molecule has 0 saturated carbocycles. The minimum atomic E-state index is 0.0962. The van der Waals surface area contributed by atoms with Crippen LogP contribution in [0, 0.1) is 13.8 Å². The summed E-state index contributed by atoms with van der Waals surface area (Å²) in [5.41, 5.74) is 1.17. The topological polar surface area (TPSA) is 44.1 Å². The number of thioether (sulfide) groups is 1. The Morgan fingerprint density at radius 1 is 1.39 bits per heavy atom. The van der Waals surface area contributed by atoms with Crippen LogP contribution in [-0.4, -0.2) is 28.0 Å². The summed E-state index contributed by atoms with van der Waals surface area (Å²) < 4.78 is 7.65. The first kappa shape index (κ1) is 17.0. The van der Waals surface area contributed by atoms with Gasteiger partial charge in [0.15, 0.2) is 5.16 Å². The fourth-order valence-corrected chi connectivity index (χ4v) is 5.22. The summed E-state index contributed by atoms with van der Waals surface area (Å²) in [5, 5.41) is 1.62. The van der Waals surface area contributed by atoms with Gasteiger partial charge in [-0.3, -0.25) is 9.36 Å². The first-order chi connectivity index (χ1) is 11.0. The van der Waals surface area contributed by atoms with E-state index in [1.165, 1.54) is 11.3 Å². The zero-order chi connectivity index (χ0) is 16.6. The number of hydrogen-bond acceptors (Lipinski definition) is 5. The lowest BCUT2D eigenvalue weighted by Gasteiger charge is -2.23. The summed E-state index contributed by atoms with van der Waals surface area (Å²) in [6.07, 6.45) is 3.79. The van der Waals surface area contributed by atoms with Crippen LogP contribution in [-0.2, 0) is 4.74 Å². The molecule has 4 nitrogen and oxygen atoms in total. The summed E-state index contributed by atoms with van der Waals surface area (Å²) >= 11 is 3.28. The zero-order valence-electron chi connectivity index (χ0n) is 14.2. The van der Waals surface area contributed by atoms with Crippen molar-refractivity contribution in [2.24, 2.45) is 0 Å². The molecule has 0 unspecified atom stereocenters. The van der Waals surface area contributed by atoms with E-state index in [0.29, 0.717) is 0 Å². The number of aryl methyl sites for hydroxylation is 2. The third kappa shape index (κ3) is 3.35. The van der Waals surface area contributed by atoms with Gasteiger partial charge >= 0.3 is 0 Å². The Morgan fingerprint density at radius 3 is 2.83 bits per heavy atom. The molecular formula is C17H24N2O2S2. The standard InChI is InChI=1S/C17H24N2O2S2/c1-10(2)19-16(20)14-11(3)12(4)23-15(14)18-17(19)22-9-13-7-5-6-8-21-13/h10,13H,5-9H2,1-4H3/t13-/m0/s1. The van der Waals surface area contributed by atoms with E-state index in [-0.39, 0.29) is 17.7 Å². The quantitative estimate of drug-likeness (QED) is 0.607. The van der Waals surface area contributed by atoms with Gasteiger partial charge in [0.2, 0.25) is 0 Å². The fraction of sp³-hybridized carbons (Fsp3) is 0.647. The molecule has 126 valence electrons. The van der Waals surface area contributed by atoms with E-state index in [0.717, 1.165) is 46.1 Å². The normalized spacial score (nSPS) is 18.9. The zero-order valence-corrected chi connectivity index (χ0v) is 15.9. The van der Waals surface area contributed by atoms with Gasteiger partial charge < -0.3 is 4.74 Å². The Hall–Kier alpha value is -0.850. The van der Waals surface area contributed by atoms with Gasteiger partial charge in [-0.15, -0.1) is 11.3 Å². The number of aromatic nitrogens is 2. The first-order valence-corrected chi connectivity index (χ1v) is 10.1. The van der Waals surface area contributed by atoms with Crippen molar-refractivity contribution in [3.05, 3.63) is 20.8 Å². The number of fused-ring (bicyclic) bond motifs is 1. The van der Waals surface area contributed by atoms with Gasteiger partial charge in [-0.1, -0.05) is 11.8 Å². The molecule has 1 aliphatic rings. The van der Waals surface area contributed by atoms with E-state index in [1.807, 2.05) is 25.3 Å². The Balaban J connectivity index is 1.97. The van der Waals surface area contributed by atoms with Crippen LogP contribution < -0.4 is 5.56 Å². The molecule has 1 saturated heterocycles. The van der Waals surface area contributed by atoms with Crippen molar-refractivity contribution >= 4 is 33.3 Å². The number of ether oxygens (including phenoxy) is 1. The molecule has 2 aromatic rings. The lowest BCUT2D eigenvalue weighted by Crippen LogP contribution is -2.26. The van der Waals surface area contributed by atoms with Crippen LogP contribution in [0.4, 0.5) is 0 Å². The molecule has 1 aliphatic heterocycles. The van der Waals surface area contributed by atoms with Gasteiger partial charge in [0.25, 0.3) is 5.56 Å². The molecule has 0 radical (unpaired) electrons. The molecule has 1 fully saturated rings. The van der Waals surface area contributed by atoms with E-state index in [2.05, 4.69) is 6.92 Å². The fourth-order valence-electron chi connectivity index (χ4n) is 2.95. The van der Waals surface area contributed by atoms with E-state index in [9.17, 15) is 4.79 Å². The maximum absolute atomic E-state index is 13.0. The second-order valence-electron chi connectivity index (χ2n) is 6.43. The maximum atomic E-state index is 13.0. The van der Waals surface area contributed by atoms with Crippen LogP contribution in [0.5, 0.6) is 0 Å². The molecule has 3 heterocycles. The van der Waals surface area contributed by atoms with Gasteiger partial charge in [0.05, 0.1) is 11.5 Å². The second kappa shape index (κ2) is 6.95. The summed E-state index contributed by atoms with van der Waals surface area (Å²) in [7, 11) is 0. The number of hydrogen-bond donors (Lipinski definition) is 0. The van der Waals surface area contributed by atoms with Crippen LogP contribution in [0.3, 0.4) is 0 Å². The highest BCUT2D eigenvalue weighted by molar-refractivity contribution is 7.99. The minimum Gasteiger partial charge on any atom is -0.377 e. The number of nitrogens with zero attached hydrogens (tertiary/aromatic N) is 2. The predicted octanol–water partition coefficient (Wildman–Crippen LogP) is 4.32. The lowest BCUT2D eigenvalue weighted by atomic mass is 10.1. The maximum Gasteiger partial charge on any atom is 0.263 e. The molecule has 0 bridgehead atoms. The van der Waals surface area contributed by atoms with E-state index < -0.39 is 0 Å². The first-order valence-electron chi connectivity index (χ1n) is 8.25. The molecule has 1 atom stereocenters. The highest BCUT2D eigenvalue weighted by atomic mass is 32.2. The van der Waals surface area contributed by atoms with Crippen molar-refractivity contribution in [3.8, 4) is 0 Å².